The predicted octanol–water partition coefficient (Wildman–Crippen LogP) is 2.85. The summed E-state index contributed by atoms with van der Waals surface area (Å²) in [6, 6.07) is 4.40. The largest absolute Gasteiger partial charge is 0.467 e. The Balaban J connectivity index is 0.00000225. The molecule has 138 valence electrons. The second-order valence-electron chi connectivity index (χ2n) is 6.42. The van der Waals surface area contributed by atoms with E-state index in [-0.39, 0.29) is 24.0 Å². The van der Waals surface area contributed by atoms with Gasteiger partial charge in [0.15, 0.2) is 11.8 Å². The molecule has 8 heteroatoms. The van der Waals surface area contributed by atoms with Crippen molar-refractivity contribution < 1.29 is 4.42 Å². The molecule has 2 aromatic heterocycles. The predicted molar refractivity (Wildman–Crippen MR) is 108 cm³/mol. The van der Waals surface area contributed by atoms with Gasteiger partial charge in [-0.2, -0.15) is 0 Å². The smallest absolute Gasteiger partial charge is 0.194 e. The summed E-state index contributed by atoms with van der Waals surface area (Å²) in [5, 5.41) is 11.9. The summed E-state index contributed by atoms with van der Waals surface area (Å²) in [4.78, 5) is 6.88. The molecule has 0 atom stereocenters. The van der Waals surface area contributed by atoms with E-state index in [2.05, 4.69) is 20.4 Å². The number of nitrogens with zero attached hydrogens (tertiary/aromatic N) is 5. The zero-order valence-electron chi connectivity index (χ0n) is 15.1. The summed E-state index contributed by atoms with van der Waals surface area (Å²) in [5.74, 6) is 3.57. The molecule has 7 nitrogen and oxygen atoms in total. The van der Waals surface area contributed by atoms with Gasteiger partial charge in [-0.15, -0.1) is 34.2 Å². The quantitative estimate of drug-likeness (QED) is 0.424. The van der Waals surface area contributed by atoms with Crippen LogP contribution >= 0.6 is 24.0 Å². The first-order chi connectivity index (χ1) is 11.6. The molecule has 0 unspecified atom stereocenters. The summed E-state index contributed by atoms with van der Waals surface area (Å²) in [6.45, 7) is 3.14. The summed E-state index contributed by atoms with van der Waals surface area (Å²) < 4.78 is 7.43. The maximum Gasteiger partial charge on any atom is 0.194 e. The Morgan fingerprint density at radius 1 is 1.40 bits per heavy atom. The van der Waals surface area contributed by atoms with Crippen molar-refractivity contribution in [1.82, 2.24) is 25.0 Å². The Labute approximate surface area is 165 Å². The minimum Gasteiger partial charge on any atom is -0.467 e. The maximum atomic E-state index is 5.46. The molecular formula is C17H27IN6O. The van der Waals surface area contributed by atoms with E-state index in [0.29, 0.717) is 19.1 Å². The number of aromatic nitrogens is 3. The normalized spacial score (nSPS) is 15.2. The third-order valence-electron chi connectivity index (χ3n) is 4.58. The lowest BCUT2D eigenvalue weighted by molar-refractivity contribution is 0.393. The van der Waals surface area contributed by atoms with Crippen LogP contribution in [0.25, 0.3) is 0 Å². The molecule has 2 heterocycles. The van der Waals surface area contributed by atoms with Crippen molar-refractivity contribution in [3.63, 3.8) is 0 Å². The van der Waals surface area contributed by atoms with Crippen molar-refractivity contribution in [2.45, 2.75) is 51.7 Å². The Bertz CT molecular complexity index is 675. The Hall–Kier alpha value is -1.58. The van der Waals surface area contributed by atoms with Gasteiger partial charge in [-0.25, -0.2) is 4.99 Å². The molecule has 1 fully saturated rings. The minimum absolute atomic E-state index is 0. The van der Waals surface area contributed by atoms with Gasteiger partial charge in [-0.1, -0.05) is 12.8 Å². The van der Waals surface area contributed by atoms with E-state index in [1.807, 2.05) is 37.7 Å². The number of aryl methyl sites for hydroxylation is 1. The number of furan rings is 1. The molecule has 0 amide bonds. The fourth-order valence-electron chi connectivity index (χ4n) is 2.97. The van der Waals surface area contributed by atoms with Crippen molar-refractivity contribution in [3.8, 4) is 0 Å². The van der Waals surface area contributed by atoms with Crippen LogP contribution in [-0.2, 0) is 20.1 Å². The lowest BCUT2D eigenvalue weighted by Crippen LogP contribution is -2.43. The van der Waals surface area contributed by atoms with Crippen LogP contribution in [-0.4, -0.2) is 38.7 Å². The molecule has 0 saturated heterocycles. The van der Waals surface area contributed by atoms with E-state index in [1.165, 1.54) is 25.7 Å². The topological polar surface area (TPSA) is 71.5 Å². The number of halogens is 1. The number of hydrogen-bond acceptors (Lipinski definition) is 4. The average molecular weight is 458 g/mol. The zero-order chi connectivity index (χ0) is 16.9. The van der Waals surface area contributed by atoms with E-state index < -0.39 is 0 Å². The molecule has 2 aromatic rings. The SMILES string of the molecule is Cc1nnc(CN=C(NC2CCCC2)N(C)Cc2ccco2)n1C.I. The zero-order valence-corrected chi connectivity index (χ0v) is 17.4. The fourth-order valence-corrected chi connectivity index (χ4v) is 2.97. The molecule has 1 N–H and O–H groups in total. The highest BCUT2D eigenvalue weighted by Gasteiger charge is 2.19. The first-order valence-electron chi connectivity index (χ1n) is 8.53. The van der Waals surface area contributed by atoms with Gasteiger partial charge in [-0.05, 0) is 31.9 Å². The minimum atomic E-state index is 0. The first-order valence-corrected chi connectivity index (χ1v) is 8.53. The molecule has 0 bridgehead atoms. The highest BCUT2D eigenvalue weighted by atomic mass is 127. The van der Waals surface area contributed by atoms with Crippen molar-refractivity contribution >= 4 is 29.9 Å². The molecule has 0 spiro atoms. The molecule has 0 aromatic carbocycles. The molecule has 1 saturated carbocycles. The molecule has 1 aliphatic rings. The number of aliphatic imine (C=N–C) groups is 1. The maximum absolute atomic E-state index is 5.46. The van der Waals surface area contributed by atoms with E-state index in [0.717, 1.165) is 23.4 Å². The lowest BCUT2D eigenvalue weighted by atomic mass is 10.2. The Morgan fingerprint density at radius 2 is 2.16 bits per heavy atom. The third kappa shape index (κ3) is 5.20. The fraction of sp³-hybridized carbons (Fsp3) is 0.588. The van der Waals surface area contributed by atoms with Crippen LogP contribution in [0.3, 0.4) is 0 Å². The summed E-state index contributed by atoms with van der Waals surface area (Å²) in [7, 11) is 4.00. The van der Waals surface area contributed by atoms with Crippen LogP contribution in [0.5, 0.6) is 0 Å². The number of rotatable bonds is 5. The average Bonchev–Trinajstić information content (AvgIpc) is 3.30. The Morgan fingerprint density at radius 3 is 2.76 bits per heavy atom. The highest BCUT2D eigenvalue weighted by molar-refractivity contribution is 14.0. The molecule has 0 radical (unpaired) electrons. The lowest BCUT2D eigenvalue weighted by Gasteiger charge is -2.24. The summed E-state index contributed by atoms with van der Waals surface area (Å²) >= 11 is 0. The van der Waals surface area contributed by atoms with Crippen molar-refractivity contribution in [3.05, 3.63) is 35.8 Å². The second kappa shape index (κ2) is 9.21. The van der Waals surface area contributed by atoms with Crippen LogP contribution in [0.15, 0.2) is 27.8 Å². The number of hydrogen-bond donors (Lipinski definition) is 1. The van der Waals surface area contributed by atoms with Crippen molar-refractivity contribution in [2.24, 2.45) is 12.0 Å². The Kier molecular flexibility index (Phi) is 7.27. The monoisotopic (exact) mass is 458 g/mol. The van der Waals surface area contributed by atoms with Crippen LogP contribution < -0.4 is 5.32 Å². The van der Waals surface area contributed by atoms with Crippen LogP contribution in [0, 0.1) is 6.92 Å². The van der Waals surface area contributed by atoms with Crippen LogP contribution in [0.2, 0.25) is 0 Å². The van der Waals surface area contributed by atoms with Crippen molar-refractivity contribution in [1.29, 1.82) is 0 Å². The third-order valence-corrected chi connectivity index (χ3v) is 4.58. The summed E-state index contributed by atoms with van der Waals surface area (Å²) in [5.41, 5.74) is 0. The van der Waals surface area contributed by atoms with E-state index >= 15 is 0 Å². The van der Waals surface area contributed by atoms with Crippen molar-refractivity contribution in [2.75, 3.05) is 7.05 Å². The van der Waals surface area contributed by atoms with Gasteiger partial charge < -0.3 is 19.2 Å². The first kappa shape index (κ1) is 19.7. The molecule has 1 aliphatic carbocycles. The standard InChI is InChI=1S/C17H26N6O.HI/c1-13-20-21-16(23(13)3)11-18-17(19-14-7-4-5-8-14)22(2)12-15-9-6-10-24-15;/h6,9-10,14H,4-5,7-8,11-12H2,1-3H3,(H,18,19);1H. The number of nitrogens with one attached hydrogen (secondary N) is 1. The van der Waals surface area contributed by atoms with Gasteiger partial charge >= 0.3 is 0 Å². The highest BCUT2D eigenvalue weighted by Crippen LogP contribution is 2.18. The van der Waals surface area contributed by atoms with Crippen LogP contribution in [0.4, 0.5) is 0 Å². The molecule has 0 aliphatic heterocycles. The molecular weight excluding hydrogens is 431 g/mol. The van der Waals surface area contributed by atoms with Gasteiger partial charge in [0.2, 0.25) is 0 Å². The number of guanidine groups is 1. The molecule has 25 heavy (non-hydrogen) atoms. The van der Waals surface area contributed by atoms with Crippen LogP contribution in [0.1, 0.15) is 43.1 Å². The van der Waals surface area contributed by atoms with Gasteiger partial charge in [-0.3, -0.25) is 0 Å². The molecule has 3 rings (SSSR count). The van der Waals surface area contributed by atoms with E-state index in [1.54, 1.807) is 6.26 Å². The van der Waals surface area contributed by atoms with Gasteiger partial charge in [0.05, 0.1) is 12.8 Å². The second-order valence-corrected chi connectivity index (χ2v) is 6.42. The van der Waals surface area contributed by atoms with Gasteiger partial charge in [0.1, 0.15) is 18.1 Å². The van der Waals surface area contributed by atoms with E-state index in [9.17, 15) is 0 Å². The summed E-state index contributed by atoms with van der Waals surface area (Å²) in [6.07, 6.45) is 6.69. The van der Waals surface area contributed by atoms with E-state index in [4.69, 9.17) is 9.41 Å². The van der Waals surface area contributed by atoms with Gasteiger partial charge in [0.25, 0.3) is 0 Å². The van der Waals surface area contributed by atoms with Gasteiger partial charge in [0, 0.05) is 20.1 Å².